The largest absolute Gasteiger partial charge is 0.326 e. The number of carbonyl (C=O) groups excluding carboxylic acids is 3. The Labute approximate surface area is 193 Å². The summed E-state index contributed by atoms with van der Waals surface area (Å²) in [5, 5.41) is 15.6. The topological polar surface area (TPSA) is 142 Å². The third kappa shape index (κ3) is 7.29. The van der Waals surface area contributed by atoms with Crippen LogP contribution in [0.25, 0.3) is 0 Å². The molecule has 0 spiro atoms. The summed E-state index contributed by atoms with van der Waals surface area (Å²) in [5.74, 6) is -1.15. The van der Waals surface area contributed by atoms with Crippen molar-refractivity contribution in [2.24, 2.45) is 5.92 Å². The molecule has 0 aliphatic carbocycles. The molecule has 0 aromatic heterocycles. The van der Waals surface area contributed by atoms with Crippen LogP contribution in [0.1, 0.15) is 41.0 Å². The van der Waals surface area contributed by atoms with Crippen LogP contribution in [0.2, 0.25) is 5.02 Å². The number of anilines is 1. The van der Waals surface area contributed by atoms with Crippen molar-refractivity contribution in [3.8, 4) is 0 Å². The SMILES string of the molecule is CC(C)CC(=O)Nc1ccc(C(=O)NNC(=S)NC(=O)c2ccc(Cl)c([N+](=O)[O-])c2)cc1. The Morgan fingerprint density at radius 3 is 2.25 bits per heavy atom. The van der Waals surface area contributed by atoms with Gasteiger partial charge in [-0.15, -0.1) is 0 Å². The number of hydrogen-bond donors (Lipinski definition) is 4. The van der Waals surface area contributed by atoms with Gasteiger partial charge in [0.15, 0.2) is 5.11 Å². The van der Waals surface area contributed by atoms with Gasteiger partial charge in [0.25, 0.3) is 17.5 Å². The predicted octanol–water partition coefficient (Wildman–Crippen LogP) is 3.18. The summed E-state index contributed by atoms with van der Waals surface area (Å²) in [6.45, 7) is 3.87. The van der Waals surface area contributed by atoms with Crippen molar-refractivity contribution >= 4 is 58.0 Å². The molecule has 2 rings (SSSR count). The van der Waals surface area contributed by atoms with E-state index >= 15 is 0 Å². The minimum absolute atomic E-state index is 0.0355. The van der Waals surface area contributed by atoms with Crippen LogP contribution in [0.15, 0.2) is 42.5 Å². The Balaban J connectivity index is 1.88. The first-order valence-corrected chi connectivity index (χ1v) is 10.1. The van der Waals surface area contributed by atoms with E-state index in [1.807, 2.05) is 13.8 Å². The fourth-order valence-corrected chi connectivity index (χ4v) is 2.80. The molecule has 0 atom stereocenters. The van der Waals surface area contributed by atoms with Crippen LogP contribution in [-0.2, 0) is 4.79 Å². The molecule has 0 aliphatic rings. The van der Waals surface area contributed by atoms with Gasteiger partial charge in [0.2, 0.25) is 5.91 Å². The number of halogens is 1. The summed E-state index contributed by atoms with van der Waals surface area (Å²) < 4.78 is 0. The Bertz CT molecular complexity index is 1060. The van der Waals surface area contributed by atoms with E-state index in [0.717, 1.165) is 6.07 Å². The second kappa shape index (κ2) is 11.2. The molecule has 0 saturated carbocycles. The van der Waals surface area contributed by atoms with Crippen LogP contribution in [0.4, 0.5) is 11.4 Å². The van der Waals surface area contributed by atoms with Gasteiger partial charge in [-0.05, 0) is 54.5 Å². The minimum atomic E-state index is -0.724. The lowest BCUT2D eigenvalue weighted by molar-refractivity contribution is -0.384. The number of carbonyl (C=O) groups is 3. The number of nitro benzene ring substituents is 1. The van der Waals surface area contributed by atoms with Crippen molar-refractivity contribution in [1.82, 2.24) is 16.2 Å². The molecule has 12 heteroatoms. The highest BCUT2D eigenvalue weighted by Gasteiger charge is 2.17. The maximum atomic E-state index is 12.2. The zero-order valence-electron chi connectivity index (χ0n) is 17.1. The Hall–Kier alpha value is -3.57. The number of amides is 3. The molecule has 0 bridgehead atoms. The third-order valence-corrected chi connectivity index (χ3v) is 4.47. The third-order valence-electron chi connectivity index (χ3n) is 3.95. The van der Waals surface area contributed by atoms with Crippen LogP contribution in [-0.4, -0.2) is 27.8 Å². The maximum Gasteiger partial charge on any atom is 0.288 e. The van der Waals surface area contributed by atoms with Gasteiger partial charge in [-0.3, -0.25) is 40.7 Å². The molecule has 0 radical (unpaired) electrons. The lowest BCUT2D eigenvalue weighted by Crippen LogP contribution is -2.48. The van der Waals surface area contributed by atoms with E-state index in [-0.39, 0.29) is 33.1 Å². The molecule has 4 N–H and O–H groups in total. The standard InChI is InChI=1S/C20H20ClN5O5S/c1-11(2)9-17(27)22-14-6-3-12(4-7-14)19(29)24-25-20(32)23-18(28)13-5-8-15(21)16(10-13)26(30)31/h3-8,10-11H,9H2,1-2H3,(H,22,27)(H,24,29)(H2,23,25,28,32). The second-order valence-corrected chi connectivity index (χ2v) is 7.82. The number of hydrogen-bond acceptors (Lipinski definition) is 6. The van der Waals surface area contributed by atoms with E-state index in [1.165, 1.54) is 24.3 Å². The van der Waals surface area contributed by atoms with Gasteiger partial charge < -0.3 is 5.32 Å². The fraction of sp³-hybridized carbons (Fsp3) is 0.200. The lowest BCUT2D eigenvalue weighted by atomic mass is 10.1. The Morgan fingerprint density at radius 1 is 1.03 bits per heavy atom. The quantitative estimate of drug-likeness (QED) is 0.284. The lowest BCUT2D eigenvalue weighted by Gasteiger charge is -2.11. The van der Waals surface area contributed by atoms with Crippen molar-refractivity contribution in [3.05, 3.63) is 68.7 Å². The molecule has 3 amide bonds. The zero-order valence-corrected chi connectivity index (χ0v) is 18.7. The van der Waals surface area contributed by atoms with E-state index in [0.29, 0.717) is 12.1 Å². The van der Waals surface area contributed by atoms with Crippen LogP contribution in [0.5, 0.6) is 0 Å². The van der Waals surface area contributed by atoms with E-state index in [2.05, 4.69) is 21.5 Å². The predicted molar refractivity (Wildman–Crippen MR) is 123 cm³/mol. The van der Waals surface area contributed by atoms with Crippen molar-refractivity contribution in [3.63, 3.8) is 0 Å². The molecule has 0 heterocycles. The first-order valence-electron chi connectivity index (χ1n) is 9.32. The molecule has 10 nitrogen and oxygen atoms in total. The Morgan fingerprint density at radius 2 is 1.66 bits per heavy atom. The van der Waals surface area contributed by atoms with Gasteiger partial charge >= 0.3 is 0 Å². The number of benzene rings is 2. The van der Waals surface area contributed by atoms with Crippen LogP contribution in [0.3, 0.4) is 0 Å². The molecule has 2 aromatic rings. The van der Waals surface area contributed by atoms with Gasteiger partial charge in [0, 0.05) is 29.3 Å². The first-order chi connectivity index (χ1) is 15.1. The number of thiocarbonyl (C=S) groups is 1. The summed E-state index contributed by atoms with van der Waals surface area (Å²) in [6.07, 6.45) is 0.388. The summed E-state index contributed by atoms with van der Waals surface area (Å²) >= 11 is 10.7. The molecule has 2 aromatic carbocycles. The molecule has 0 fully saturated rings. The number of hydrazine groups is 1. The molecular weight excluding hydrogens is 458 g/mol. The zero-order chi connectivity index (χ0) is 23.8. The van der Waals surface area contributed by atoms with Crippen molar-refractivity contribution in [1.29, 1.82) is 0 Å². The van der Waals surface area contributed by atoms with Gasteiger partial charge in [0.05, 0.1) is 4.92 Å². The number of nitro groups is 1. The first kappa shape index (κ1) is 24.7. The molecule has 0 aliphatic heterocycles. The highest BCUT2D eigenvalue weighted by atomic mass is 35.5. The van der Waals surface area contributed by atoms with Crippen LogP contribution >= 0.6 is 23.8 Å². The van der Waals surface area contributed by atoms with Crippen molar-refractivity contribution in [2.75, 3.05) is 5.32 Å². The molecule has 168 valence electrons. The van der Waals surface area contributed by atoms with Gasteiger partial charge in [0.1, 0.15) is 5.02 Å². The van der Waals surface area contributed by atoms with Crippen LogP contribution in [0, 0.1) is 16.0 Å². The summed E-state index contributed by atoms with van der Waals surface area (Å²) in [6, 6.07) is 9.73. The van der Waals surface area contributed by atoms with E-state index in [1.54, 1.807) is 12.1 Å². The number of rotatable bonds is 6. The van der Waals surface area contributed by atoms with Crippen LogP contribution < -0.4 is 21.5 Å². The van der Waals surface area contributed by atoms with Crippen molar-refractivity contribution in [2.45, 2.75) is 20.3 Å². The summed E-state index contributed by atoms with van der Waals surface area (Å²) in [5.41, 5.74) is 5.07. The van der Waals surface area contributed by atoms with E-state index in [9.17, 15) is 24.5 Å². The van der Waals surface area contributed by atoms with E-state index < -0.39 is 22.4 Å². The van der Waals surface area contributed by atoms with Crippen molar-refractivity contribution < 1.29 is 19.3 Å². The summed E-state index contributed by atoms with van der Waals surface area (Å²) in [4.78, 5) is 46.4. The second-order valence-electron chi connectivity index (χ2n) is 7.01. The molecule has 0 saturated heterocycles. The smallest absolute Gasteiger partial charge is 0.288 e. The fourth-order valence-electron chi connectivity index (χ4n) is 2.47. The molecule has 32 heavy (non-hydrogen) atoms. The Kier molecular flexibility index (Phi) is 8.62. The molecule has 0 unspecified atom stereocenters. The number of nitrogens with one attached hydrogen (secondary N) is 4. The monoisotopic (exact) mass is 477 g/mol. The average molecular weight is 478 g/mol. The minimum Gasteiger partial charge on any atom is -0.326 e. The maximum absolute atomic E-state index is 12.2. The number of nitrogens with zero attached hydrogens (tertiary/aromatic N) is 1. The normalized spacial score (nSPS) is 10.2. The summed E-state index contributed by atoms with van der Waals surface area (Å²) in [7, 11) is 0. The highest BCUT2D eigenvalue weighted by Crippen LogP contribution is 2.24. The van der Waals surface area contributed by atoms with E-state index in [4.69, 9.17) is 23.8 Å². The van der Waals surface area contributed by atoms with Gasteiger partial charge in [-0.1, -0.05) is 25.4 Å². The average Bonchev–Trinajstić information content (AvgIpc) is 2.72. The van der Waals surface area contributed by atoms with Gasteiger partial charge in [-0.2, -0.15) is 0 Å². The highest BCUT2D eigenvalue weighted by molar-refractivity contribution is 7.80. The molecular formula is C20H20ClN5O5S. The van der Waals surface area contributed by atoms with Gasteiger partial charge in [-0.25, -0.2) is 0 Å².